The molecule has 1 rings (SSSR count). The van der Waals surface area contributed by atoms with E-state index in [2.05, 4.69) is 5.32 Å². The van der Waals surface area contributed by atoms with Gasteiger partial charge >= 0.3 is 0 Å². The number of nitrogens with one attached hydrogen (secondary N) is 1. The Bertz CT molecular complexity index is 250. The van der Waals surface area contributed by atoms with Gasteiger partial charge in [-0.1, -0.05) is 0 Å². The number of amides is 1. The molecule has 0 aliphatic carbocycles. The van der Waals surface area contributed by atoms with Crippen molar-refractivity contribution in [2.24, 2.45) is 5.41 Å². The maximum absolute atomic E-state index is 11.8. The van der Waals surface area contributed by atoms with Gasteiger partial charge in [0.15, 0.2) is 0 Å². The molecular weight excluding hydrogens is 230 g/mol. The average molecular weight is 250 g/mol. The Morgan fingerprint density at radius 2 is 2.31 bits per heavy atom. The van der Waals surface area contributed by atoms with E-state index in [0.29, 0.717) is 25.6 Å². The molecule has 1 atom stereocenters. The smallest absolute Gasteiger partial charge is 0.226 e. The van der Waals surface area contributed by atoms with Crippen molar-refractivity contribution in [1.82, 2.24) is 5.32 Å². The van der Waals surface area contributed by atoms with Gasteiger partial charge in [0.25, 0.3) is 0 Å². The van der Waals surface area contributed by atoms with Crippen LogP contribution in [0.3, 0.4) is 0 Å². The summed E-state index contributed by atoms with van der Waals surface area (Å²) in [5.41, 5.74) is -0.909. The number of alkyl halides is 1. The van der Waals surface area contributed by atoms with Crippen molar-refractivity contribution in [1.29, 1.82) is 0 Å². The predicted octanol–water partition coefficient (Wildman–Crippen LogP) is 1.17. The second-order valence-electron chi connectivity index (χ2n) is 4.89. The first-order chi connectivity index (χ1) is 7.46. The lowest BCUT2D eigenvalue weighted by Gasteiger charge is -2.28. The van der Waals surface area contributed by atoms with Crippen molar-refractivity contribution in [2.75, 3.05) is 32.7 Å². The first-order valence-corrected chi connectivity index (χ1v) is 5.96. The van der Waals surface area contributed by atoms with Gasteiger partial charge in [0, 0.05) is 32.6 Å². The number of halogens is 1. The van der Waals surface area contributed by atoms with E-state index in [1.54, 1.807) is 7.11 Å². The van der Waals surface area contributed by atoms with E-state index in [-0.39, 0.29) is 11.5 Å². The normalized spacial score (nSPS) is 25.8. The van der Waals surface area contributed by atoms with Crippen LogP contribution in [0.25, 0.3) is 0 Å². The second-order valence-corrected chi connectivity index (χ2v) is 5.16. The van der Waals surface area contributed by atoms with E-state index in [0.717, 1.165) is 6.42 Å². The molecule has 0 aromatic heterocycles. The third-order valence-electron chi connectivity index (χ3n) is 3.02. The lowest BCUT2D eigenvalue weighted by Crippen LogP contribution is -2.48. The molecular formula is C11H20ClNO3. The van der Waals surface area contributed by atoms with Crippen molar-refractivity contribution in [3.8, 4) is 0 Å². The van der Waals surface area contributed by atoms with Crippen molar-refractivity contribution in [3.05, 3.63) is 0 Å². The Balaban J connectivity index is 2.47. The Hall–Kier alpha value is -0.320. The van der Waals surface area contributed by atoms with E-state index < -0.39 is 5.41 Å². The molecule has 16 heavy (non-hydrogen) atoms. The molecule has 1 amide bonds. The lowest BCUT2D eigenvalue weighted by molar-refractivity contribution is -0.130. The van der Waals surface area contributed by atoms with Crippen molar-refractivity contribution < 1.29 is 14.3 Å². The van der Waals surface area contributed by atoms with Crippen LogP contribution < -0.4 is 5.32 Å². The van der Waals surface area contributed by atoms with Crippen molar-refractivity contribution in [2.45, 2.75) is 25.9 Å². The van der Waals surface area contributed by atoms with Crippen molar-refractivity contribution in [3.63, 3.8) is 0 Å². The lowest BCUT2D eigenvalue weighted by atomic mass is 9.94. The molecule has 0 aromatic rings. The zero-order chi connectivity index (χ0) is 12.2. The third-order valence-corrected chi connectivity index (χ3v) is 3.69. The molecule has 1 heterocycles. The van der Waals surface area contributed by atoms with E-state index in [1.165, 1.54) is 0 Å². The van der Waals surface area contributed by atoms with Crippen LogP contribution in [0.15, 0.2) is 0 Å². The minimum absolute atomic E-state index is 0.0502. The van der Waals surface area contributed by atoms with E-state index in [4.69, 9.17) is 21.1 Å². The van der Waals surface area contributed by atoms with Gasteiger partial charge < -0.3 is 14.8 Å². The van der Waals surface area contributed by atoms with Gasteiger partial charge in [-0.2, -0.15) is 0 Å². The highest BCUT2D eigenvalue weighted by molar-refractivity contribution is 6.19. The number of carbonyl (C=O) groups is 1. The molecule has 0 radical (unpaired) electrons. The standard InChI is InChI=1S/C11H20ClNO3/c1-10(2,6-12)9(14)13-7-11(15-3)4-5-16-8-11/h4-8H2,1-3H3,(H,13,14). The summed E-state index contributed by atoms with van der Waals surface area (Å²) >= 11 is 5.74. The molecule has 0 spiro atoms. The molecule has 1 aliphatic heterocycles. The zero-order valence-electron chi connectivity index (χ0n) is 10.1. The van der Waals surface area contributed by atoms with Crippen LogP contribution in [0.1, 0.15) is 20.3 Å². The van der Waals surface area contributed by atoms with E-state index in [1.807, 2.05) is 13.8 Å². The second kappa shape index (κ2) is 5.34. The fourth-order valence-corrected chi connectivity index (χ4v) is 1.62. The highest BCUT2D eigenvalue weighted by Crippen LogP contribution is 2.23. The van der Waals surface area contributed by atoms with Crippen molar-refractivity contribution >= 4 is 17.5 Å². The summed E-state index contributed by atoms with van der Waals surface area (Å²) in [5, 5.41) is 2.88. The van der Waals surface area contributed by atoms with Crippen LogP contribution in [-0.2, 0) is 14.3 Å². The molecule has 0 saturated carbocycles. The first kappa shape index (κ1) is 13.7. The zero-order valence-corrected chi connectivity index (χ0v) is 10.9. The maximum atomic E-state index is 11.8. The largest absolute Gasteiger partial charge is 0.378 e. The highest BCUT2D eigenvalue weighted by atomic mass is 35.5. The topological polar surface area (TPSA) is 47.6 Å². The van der Waals surface area contributed by atoms with Crippen LogP contribution in [0.4, 0.5) is 0 Å². The number of rotatable bonds is 5. The molecule has 1 fully saturated rings. The van der Waals surface area contributed by atoms with Crippen LogP contribution in [-0.4, -0.2) is 44.3 Å². The van der Waals surface area contributed by atoms with Crippen LogP contribution in [0.5, 0.6) is 0 Å². The molecule has 4 nitrogen and oxygen atoms in total. The van der Waals surface area contributed by atoms with Gasteiger partial charge in [0.05, 0.1) is 12.0 Å². The molecule has 1 unspecified atom stereocenters. The predicted molar refractivity (Wildman–Crippen MR) is 62.7 cm³/mol. The van der Waals surface area contributed by atoms with Gasteiger partial charge in [-0.25, -0.2) is 0 Å². The van der Waals surface area contributed by atoms with Crippen LogP contribution >= 0.6 is 11.6 Å². The summed E-state index contributed by atoms with van der Waals surface area (Å²) in [5.74, 6) is 0.251. The van der Waals surface area contributed by atoms with Gasteiger partial charge in [-0.3, -0.25) is 4.79 Å². The monoisotopic (exact) mass is 249 g/mol. The minimum atomic E-state index is -0.546. The summed E-state index contributed by atoms with van der Waals surface area (Å²) in [4.78, 5) is 11.8. The SMILES string of the molecule is COC1(CNC(=O)C(C)(C)CCl)CCOC1. The number of ether oxygens (including phenoxy) is 2. The fourth-order valence-electron chi connectivity index (χ4n) is 1.50. The fraction of sp³-hybridized carbons (Fsp3) is 0.909. The molecule has 1 N–H and O–H groups in total. The summed E-state index contributed by atoms with van der Waals surface area (Å²) < 4.78 is 10.7. The van der Waals surface area contributed by atoms with E-state index in [9.17, 15) is 4.79 Å². The Labute approximate surface area is 102 Å². The number of hydrogen-bond donors (Lipinski definition) is 1. The minimum Gasteiger partial charge on any atom is -0.378 e. The molecule has 0 bridgehead atoms. The molecule has 1 saturated heterocycles. The van der Waals surface area contributed by atoms with Gasteiger partial charge in [0.1, 0.15) is 5.60 Å². The summed E-state index contributed by atoms with van der Waals surface area (Å²) in [7, 11) is 1.65. The maximum Gasteiger partial charge on any atom is 0.226 e. The highest BCUT2D eigenvalue weighted by Gasteiger charge is 2.36. The molecule has 94 valence electrons. The van der Waals surface area contributed by atoms with E-state index >= 15 is 0 Å². The quantitative estimate of drug-likeness (QED) is 0.745. The summed E-state index contributed by atoms with van der Waals surface area (Å²) in [6, 6.07) is 0. The summed E-state index contributed by atoms with van der Waals surface area (Å²) in [6.07, 6.45) is 0.811. The number of methoxy groups -OCH3 is 1. The molecule has 5 heteroatoms. The first-order valence-electron chi connectivity index (χ1n) is 5.43. The van der Waals surface area contributed by atoms with Gasteiger partial charge in [-0.15, -0.1) is 11.6 Å². The van der Waals surface area contributed by atoms with Crippen LogP contribution in [0.2, 0.25) is 0 Å². The Morgan fingerprint density at radius 3 is 2.75 bits per heavy atom. The third kappa shape index (κ3) is 3.09. The van der Waals surface area contributed by atoms with Gasteiger partial charge in [-0.05, 0) is 13.8 Å². The molecule has 1 aliphatic rings. The number of hydrogen-bond acceptors (Lipinski definition) is 3. The Kier molecular flexibility index (Phi) is 4.59. The molecule has 0 aromatic carbocycles. The summed E-state index contributed by atoms with van der Waals surface area (Å²) in [6.45, 7) is 5.33. The van der Waals surface area contributed by atoms with Gasteiger partial charge in [0.2, 0.25) is 5.91 Å². The average Bonchev–Trinajstić information content (AvgIpc) is 2.75. The van der Waals surface area contributed by atoms with Crippen LogP contribution in [0, 0.1) is 5.41 Å². The number of carbonyl (C=O) groups excluding carboxylic acids is 1. The Morgan fingerprint density at radius 1 is 1.62 bits per heavy atom.